The second-order valence-electron chi connectivity index (χ2n) is 5.85. The summed E-state index contributed by atoms with van der Waals surface area (Å²) in [6.45, 7) is 4.51. The summed E-state index contributed by atoms with van der Waals surface area (Å²) in [6.07, 6.45) is 5.18. The molecule has 26 heavy (non-hydrogen) atoms. The van der Waals surface area contributed by atoms with E-state index in [-0.39, 0.29) is 31.3 Å². The maximum atomic E-state index is 11.4. The summed E-state index contributed by atoms with van der Waals surface area (Å²) < 4.78 is 15.7. The number of carbonyl (C=O) groups excluding carboxylic acids is 2. The van der Waals surface area contributed by atoms with Crippen molar-refractivity contribution in [3.63, 3.8) is 0 Å². The first-order valence-electron chi connectivity index (χ1n) is 9.35. The number of rotatable bonds is 18. The van der Waals surface area contributed by atoms with E-state index in [0.29, 0.717) is 45.8 Å². The molecule has 0 spiro atoms. The van der Waals surface area contributed by atoms with Crippen molar-refractivity contribution in [3.05, 3.63) is 0 Å². The first-order valence-corrected chi connectivity index (χ1v) is 9.35. The first-order chi connectivity index (χ1) is 12.6. The van der Waals surface area contributed by atoms with Gasteiger partial charge in [0.25, 0.3) is 0 Å². The van der Waals surface area contributed by atoms with Gasteiger partial charge in [0.1, 0.15) is 6.61 Å². The van der Waals surface area contributed by atoms with Crippen molar-refractivity contribution in [1.82, 2.24) is 5.32 Å². The molecule has 0 aromatic carbocycles. The Balaban J connectivity index is 3.23. The molecule has 0 rings (SSSR count). The standard InChI is InChI=1S/C18H33NO7/c1-2-3-4-5-7-18(23)26-15-14-25-13-12-24-11-6-10-19-16(20)8-9-17(21)22/h2-15H2,1H3,(H,19,20)(H,21,22). The van der Waals surface area contributed by atoms with Crippen molar-refractivity contribution in [3.8, 4) is 0 Å². The van der Waals surface area contributed by atoms with Crippen molar-refractivity contribution in [2.75, 3.05) is 39.6 Å². The van der Waals surface area contributed by atoms with Crippen LogP contribution < -0.4 is 5.32 Å². The van der Waals surface area contributed by atoms with Crippen LogP contribution in [0.25, 0.3) is 0 Å². The lowest BCUT2D eigenvalue weighted by Crippen LogP contribution is -2.25. The summed E-state index contributed by atoms with van der Waals surface area (Å²) in [5.74, 6) is -1.42. The second kappa shape index (κ2) is 18.1. The maximum absolute atomic E-state index is 11.4. The van der Waals surface area contributed by atoms with Crippen LogP contribution in [0.4, 0.5) is 0 Å². The zero-order valence-corrected chi connectivity index (χ0v) is 15.8. The lowest BCUT2D eigenvalue weighted by molar-refractivity contribution is -0.145. The molecule has 0 fully saturated rings. The highest BCUT2D eigenvalue weighted by Crippen LogP contribution is 2.03. The van der Waals surface area contributed by atoms with E-state index in [4.69, 9.17) is 19.3 Å². The van der Waals surface area contributed by atoms with E-state index >= 15 is 0 Å². The summed E-state index contributed by atoms with van der Waals surface area (Å²) >= 11 is 0. The zero-order chi connectivity index (χ0) is 19.5. The monoisotopic (exact) mass is 375 g/mol. The molecule has 0 saturated carbocycles. The topological polar surface area (TPSA) is 111 Å². The van der Waals surface area contributed by atoms with E-state index in [9.17, 15) is 14.4 Å². The van der Waals surface area contributed by atoms with E-state index in [0.717, 1.165) is 25.7 Å². The van der Waals surface area contributed by atoms with E-state index < -0.39 is 5.97 Å². The summed E-state index contributed by atoms with van der Waals surface area (Å²) in [4.78, 5) is 33.0. The number of esters is 1. The van der Waals surface area contributed by atoms with Crippen molar-refractivity contribution in [2.45, 2.75) is 58.3 Å². The van der Waals surface area contributed by atoms with Gasteiger partial charge >= 0.3 is 11.9 Å². The average Bonchev–Trinajstić information content (AvgIpc) is 2.61. The third kappa shape index (κ3) is 18.7. The summed E-state index contributed by atoms with van der Waals surface area (Å²) in [5.41, 5.74) is 0. The summed E-state index contributed by atoms with van der Waals surface area (Å²) in [5, 5.41) is 11.1. The molecule has 0 aliphatic heterocycles. The minimum Gasteiger partial charge on any atom is -0.481 e. The fourth-order valence-electron chi connectivity index (χ4n) is 2.02. The van der Waals surface area contributed by atoms with Crippen LogP contribution in [-0.4, -0.2) is 62.5 Å². The van der Waals surface area contributed by atoms with Crippen molar-refractivity contribution >= 4 is 17.8 Å². The number of hydrogen-bond donors (Lipinski definition) is 2. The number of nitrogens with one attached hydrogen (secondary N) is 1. The number of aliphatic carboxylic acids is 1. The van der Waals surface area contributed by atoms with Gasteiger partial charge in [0.05, 0.1) is 26.2 Å². The number of carboxylic acids is 1. The molecule has 2 N–H and O–H groups in total. The molecule has 1 amide bonds. The summed E-state index contributed by atoms with van der Waals surface area (Å²) in [7, 11) is 0. The van der Waals surface area contributed by atoms with Gasteiger partial charge in [0.15, 0.2) is 0 Å². The third-order valence-electron chi connectivity index (χ3n) is 3.45. The fraction of sp³-hybridized carbons (Fsp3) is 0.833. The van der Waals surface area contributed by atoms with E-state index in [1.54, 1.807) is 0 Å². The van der Waals surface area contributed by atoms with Crippen LogP contribution in [0.5, 0.6) is 0 Å². The predicted molar refractivity (Wildman–Crippen MR) is 95.9 cm³/mol. The van der Waals surface area contributed by atoms with E-state index in [2.05, 4.69) is 12.2 Å². The van der Waals surface area contributed by atoms with Crippen LogP contribution in [0.2, 0.25) is 0 Å². The molecule has 0 unspecified atom stereocenters. The predicted octanol–water partition coefficient (Wildman–Crippen LogP) is 1.90. The number of amides is 1. The third-order valence-corrected chi connectivity index (χ3v) is 3.45. The highest BCUT2D eigenvalue weighted by Gasteiger charge is 2.04. The second-order valence-corrected chi connectivity index (χ2v) is 5.85. The van der Waals surface area contributed by atoms with Gasteiger partial charge in [0, 0.05) is 26.0 Å². The normalized spacial score (nSPS) is 10.5. The highest BCUT2D eigenvalue weighted by atomic mass is 16.6. The van der Waals surface area contributed by atoms with Gasteiger partial charge in [-0.05, 0) is 12.8 Å². The van der Waals surface area contributed by atoms with Crippen LogP contribution in [0, 0.1) is 0 Å². The number of hydrogen-bond acceptors (Lipinski definition) is 6. The molecule has 0 aromatic rings. The largest absolute Gasteiger partial charge is 0.481 e. The van der Waals surface area contributed by atoms with Gasteiger partial charge in [-0.3, -0.25) is 14.4 Å². The van der Waals surface area contributed by atoms with Crippen molar-refractivity contribution in [1.29, 1.82) is 0 Å². The molecule has 8 heteroatoms. The van der Waals surface area contributed by atoms with Gasteiger partial charge in [-0.1, -0.05) is 26.2 Å². The molecule has 0 aliphatic carbocycles. The molecule has 0 radical (unpaired) electrons. The lowest BCUT2D eigenvalue weighted by atomic mass is 10.2. The average molecular weight is 375 g/mol. The minimum atomic E-state index is -0.981. The van der Waals surface area contributed by atoms with Crippen LogP contribution >= 0.6 is 0 Å². The Labute approximate surface area is 155 Å². The van der Waals surface area contributed by atoms with E-state index in [1.807, 2.05) is 0 Å². The van der Waals surface area contributed by atoms with Crippen molar-refractivity contribution < 1.29 is 33.7 Å². The molecular weight excluding hydrogens is 342 g/mol. The Morgan fingerprint density at radius 1 is 0.808 bits per heavy atom. The molecule has 0 atom stereocenters. The molecule has 0 heterocycles. The van der Waals surface area contributed by atoms with Crippen LogP contribution in [0.3, 0.4) is 0 Å². The Morgan fingerprint density at radius 2 is 1.50 bits per heavy atom. The molecule has 0 saturated heterocycles. The molecule has 8 nitrogen and oxygen atoms in total. The molecular formula is C18H33NO7. The number of carbonyl (C=O) groups is 3. The van der Waals surface area contributed by atoms with Gasteiger partial charge in [0.2, 0.25) is 5.91 Å². The van der Waals surface area contributed by atoms with Crippen LogP contribution in [0.15, 0.2) is 0 Å². The smallest absolute Gasteiger partial charge is 0.305 e. The molecule has 0 aromatic heterocycles. The van der Waals surface area contributed by atoms with Gasteiger partial charge in [-0.25, -0.2) is 0 Å². The Kier molecular flexibility index (Phi) is 17.0. The van der Waals surface area contributed by atoms with Crippen molar-refractivity contribution in [2.24, 2.45) is 0 Å². The van der Waals surface area contributed by atoms with Gasteiger partial charge < -0.3 is 24.6 Å². The number of carboxylic acid groups (broad SMARTS) is 1. The Morgan fingerprint density at radius 3 is 2.19 bits per heavy atom. The molecule has 0 aliphatic rings. The summed E-state index contributed by atoms with van der Waals surface area (Å²) in [6, 6.07) is 0. The van der Waals surface area contributed by atoms with Crippen LogP contribution in [-0.2, 0) is 28.6 Å². The van der Waals surface area contributed by atoms with Gasteiger partial charge in [-0.2, -0.15) is 0 Å². The fourth-order valence-corrected chi connectivity index (χ4v) is 2.02. The molecule has 152 valence electrons. The Hall–Kier alpha value is -1.67. The van der Waals surface area contributed by atoms with E-state index in [1.165, 1.54) is 0 Å². The first kappa shape index (κ1) is 24.3. The maximum Gasteiger partial charge on any atom is 0.305 e. The lowest BCUT2D eigenvalue weighted by Gasteiger charge is -2.07. The minimum absolute atomic E-state index is 0.00660. The zero-order valence-electron chi connectivity index (χ0n) is 15.8. The SMILES string of the molecule is CCCCCCC(=O)OCCOCCOCCCNC(=O)CCC(=O)O. The number of ether oxygens (including phenoxy) is 3. The number of unbranched alkanes of at least 4 members (excludes halogenated alkanes) is 3. The van der Waals surface area contributed by atoms with Crippen LogP contribution in [0.1, 0.15) is 58.3 Å². The van der Waals surface area contributed by atoms with Gasteiger partial charge in [-0.15, -0.1) is 0 Å². The molecule has 0 bridgehead atoms. The highest BCUT2D eigenvalue weighted by molar-refractivity contribution is 5.80. The Bertz CT molecular complexity index is 388. The quantitative estimate of drug-likeness (QED) is 0.278.